The molecule has 158 valence electrons. The van der Waals surface area contributed by atoms with Gasteiger partial charge >= 0.3 is 0 Å². The van der Waals surface area contributed by atoms with E-state index in [0.29, 0.717) is 17.7 Å². The molecular weight excluding hydrogens is 461 g/mol. The predicted octanol–water partition coefficient (Wildman–Crippen LogP) is 3.52. The lowest BCUT2D eigenvalue weighted by Gasteiger charge is -2.19. The number of hydrogen-bond donors (Lipinski definition) is 2. The van der Waals surface area contributed by atoms with Crippen LogP contribution in [0.1, 0.15) is 21.5 Å². The van der Waals surface area contributed by atoms with Gasteiger partial charge in [0.1, 0.15) is 0 Å². The summed E-state index contributed by atoms with van der Waals surface area (Å²) in [4.78, 5) is 16.8. The first-order valence-electron chi connectivity index (χ1n) is 8.71. The first-order valence-corrected chi connectivity index (χ1v) is 9.59. The van der Waals surface area contributed by atoms with Crippen molar-refractivity contribution < 1.29 is 10.1 Å². The molecule has 0 spiro atoms. The summed E-state index contributed by atoms with van der Waals surface area (Å²) < 4.78 is 0. The van der Waals surface area contributed by atoms with E-state index >= 15 is 0 Å². The Morgan fingerprint density at radius 3 is 2.47 bits per heavy atom. The lowest BCUT2D eigenvalue weighted by Crippen LogP contribution is -2.85. The molecule has 0 unspecified atom stereocenters. The van der Waals surface area contributed by atoms with Crippen LogP contribution in [0.25, 0.3) is 0 Å². The van der Waals surface area contributed by atoms with Crippen molar-refractivity contribution in [1.29, 1.82) is 0 Å². The molecule has 0 bridgehead atoms. The normalized spacial score (nSPS) is 12.3. The highest BCUT2D eigenvalue weighted by Crippen LogP contribution is 2.16. The Bertz CT molecular complexity index is 958. The summed E-state index contributed by atoms with van der Waals surface area (Å²) in [7, 11) is 0. The number of carbonyl (C=O) groups excluding carboxylic acids is 1. The van der Waals surface area contributed by atoms with Gasteiger partial charge in [-0.15, -0.1) is 43.3 Å². The number of carbonyl (C=O) groups is 1. The predicted molar refractivity (Wildman–Crippen MR) is 132 cm³/mol. The maximum Gasteiger partial charge on any atom is 0.260 e. The molecule has 0 amide bonds. The average Bonchev–Trinajstić information content (AvgIpc) is 3.22. The number of quaternary nitrogens is 1. The number of pyridine rings is 1. The van der Waals surface area contributed by atoms with Gasteiger partial charge in [-0.25, -0.2) is 0 Å². The molecule has 2 aromatic carbocycles. The summed E-state index contributed by atoms with van der Waals surface area (Å²) in [5.41, 5.74) is 3.45. The third kappa shape index (κ3) is 6.42. The monoisotopic (exact) mass is 481 g/mol. The van der Waals surface area contributed by atoms with E-state index in [1.165, 1.54) is 11.4 Å². The fourth-order valence-electron chi connectivity index (χ4n) is 2.86. The van der Waals surface area contributed by atoms with Crippen LogP contribution in [0, 0.1) is 11.4 Å². The maximum atomic E-state index is 12.6. The minimum Gasteiger partial charge on any atom is -0.434 e. The number of nitrogens with one attached hydrogen (secondary N) is 1. The lowest BCUT2D eigenvalue weighted by atomic mass is 10.0. The van der Waals surface area contributed by atoms with Crippen LogP contribution in [0.3, 0.4) is 0 Å². The van der Waals surface area contributed by atoms with Crippen molar-refractivity contribution in [3.63, 3.8) is 0 Å². The van der Waals surface area contributed by atoms with Gasteiger partial charge in [-0.1, -0.05) is 60.3 Å². The zero-order valence-electron chi connectivity index (χ0n) is 15.9. The standard InChI is InChI=1S/C22H19N3OS.3ClH/c26-21(16-6-2-1-3-7-16)17-8-4-10-19(12-17)24-14-20-15-27-22(25-20)18-9-5-11-23-13-18;;;/h1-13,15,24H,14,25H2;3*1H. The topological polar surface area (TPSA) is 58.6 Å². The van der Waals surface area contributed by atoms with Gasteiger partial charge in [-0.2, -0.15) is 0 Å². The molecule has 0 radical (unpaired) electrons. The second-order valence-corrected chi connectivity index (χ2v) is 7.10. The van der Waals surface area contributed by atoms with Crippen molar-refractivity contribution in [3.05, 3.63) is 107 Å². The largest absolute Gasteiger partial charge is 0.434 e. The summed E-state index contributed by atoms with van der Waals surface area (Å²) >= 11 is 1.71. The zero-order chi connectivity index (χ0) is 18.5. The molecule has 0 saturated carbocycles. The van der Waals surface area contributed by atoms with Crippen molar-refractivity contribution in [3.8, 4) is 0 Å². The fraction of sp³-hybridized carbons (Fsp3) is 0.0455. The molecule has 0 atom stereocenters. The summed E-state index contributed by atoms with van der Waals surface area (Å²) in [5.74, 6) is 0.0358. The Morgan fingerprint density at radius 2 is 1.73 bits per heavy atom. The average molecular weight is 483 g/mol. The second-order valence-electron chi connectivity index (χ2n) is 6.19. The van der Waals surface area contributed by atoms with E-state index in [4.69, 9.17) is 0 Å². The lowest BCUT2D eigenvalue weighted by molar-refractivity contribution is -0.589. The molecule has 0 saturated heterocycles. The van der Waals surface area contributed by atoms with Gasteiger partial charge < -0.3 is 15.6 Å². The fourth-order valence-corrected chi connectivity index (χ4v) is 3.76. The summed E-state index contributed by atoms with van der Waals surface area (Å²) in [5, 5.41) is 8.93. The zero-order valence-corrected chi connectivity index (χ0v) is 19.1. The van der Waals surface area contributed by atoms with Gasteiger partial charge in [0, 0.05) is 16.8 Å². The quantitative estimate of drug-likeness (QED) is 0.245. The molecule has 1 aliphatic heterocycles. The van der Waals surface area contributed by atoms with Crippen LogP contribution < -0.4 is 10.6 Å². The Morgan fingerprint density at radius 1 is 0.967 bits per heavy atom. The number of rotatable bonds is 6. The number of anilines is 1. The van der Waals surface area contributed by atoms with E-state index in [9.17, 15) is 4.79 Å². The highest BCUT2D eigenvalue weighted by molar-refractivity contribution is 7.80. The summed E-state index contributed by atoms with van der Waals surface area (Å²) in [6.45, 7) is 0.708. The smallest absolute Gasteiger partial charge is 0.260 e. The highest BCUT2D eigenvalue weighted by Gasteiger charge is 2.23. The Balaban J connectivity index is 0.00000150. The molecule has 30 heavy (non-hydrogen) atoms. The molecule has 4 nitrogen and oxygen atoms in total. The number of ketones is 1. The molecule has 2 heterocycles. The molecule has 4 rings (SSSR count). The van der Waals surface area contributed by atoms with Gasteiger partial charge in [0.05, 0.1) is 5.37 Å². The molecular formula is C22H22Cl3N3OS. The number of benzene rings is 2. The van der Waals surface area contributed by atoms with Gasteiger partial charge in [0.2, 0.25) is 0 Å². The first-order chi connectivity index (χ1) is 13.3. The second kappa shape index (κ2) is 12.5. The van der Waals surface area contributed by atoms with Crippen molar-refractivity contribution in [2.24, 2.45) is 0 Å². The van der Waals surface area contributed by atoms with Gasteiger partial charge in [0.15, 0.2) is 17.1 Å². The number of halogens is 3. The first kappa shape index (κ1) is 25.9. The number of aromatic nitrogens is 1. The van der Waals surface area contributed by atoms with Crippen LogP contribution in [0.5, 0.6) is 0 Å². The Labute approximate surface area is 199 Å². The third-order valence-electron chi connectivity index (χ3n) is 4.26. The van der Waals surface area contributed by atoms with E-state index in [2.05, 4.69) is 27.1 Å². The molecule has 3 aromatic rings. The van der Waals surface area contributed by atoms with E-state index < -0.39 is 0 Å². The summed E-state index contributed by atoms with van der Waals surface area (Å²) in [6, 6.07) is 22.2. The van der Waals surface area contributed by atoms with E-state index in [-0.39, 0.29) is 43.0 Å². The van der Waals surface area contributed by atoms with Gasteiger partial charge in [-0.3, -0.25) is 4.79 Å². The van der Waals surface area contributed by atoms with Gasteiger partial charge in [0.25, 0.3) is 5.37 Å². The summed E-state index contributed by atoms with van der Waals surface area (Å²) in [6.07, 6.45) is 3.66. The van der Waals surface area contributed by atoms with Crippen LogP contribution >= 0.6 is 37.2 Å². The molecule has 0 fully saturated rings. The molecule has 3 N–H and O–H groups in total. The Kier molecular flexibility index (Phi) is 10.8. The molecule has 0 aliphatic carbocycles. The SMILES string of the molecule is Cl.Cl.Cl.O=C(c1ccccc1)c1cccc(NC[C-]2C=[S+][C-](c3cccnc3)[NH2+]2)c1. The van der Waals surface area contributed by atoms with Crippen molar-refractivity contribution in [2.75, 3.05) is 11.9 Å². The van der Waals surface area contributed by atoms with Gasteiger partial charge in [-0.05, 0) is 30.9 Å². The highest BCUT2D eigenvalue weighted by atomic mass is 35.5. The van der Waals surface area contributed by atoms with E-state index in [1.54, 1.807) is 17.5 Å². The van der Waals surface area contributed by atoms with Crippen LogP contribution in [0.4, 0.5) is 5.69 Å². The Hall–Kier alpha value is -2.15. The number of hydrogen-bond acceptors (Lipinski definition) is 3. The van der Waals surface area contributed by atoms with Crippen molar-refractivity contribution >= 4 is 65.4 Å². The number of nitrogens with two attached hydrogens (primary N) is 1. The van der Waals surface area contributed by atoms with Crippen LogP contribution in [-0.2, 0) is 11.4 Å². The maximum absolute atomic E-state index is 12.6. The molecule has 8 heteroatoms. The van der Waals surface area contributed by atoms with E-state index in [1.807, 2.05) is 66.9 Å². The van der Waals surface area contributed by atoms with Crippen molar-refractivity contribution in [2.45, 2.75) is 0 Å². The van der Waals surface area contributed by atoms with Crippen LogP contribution in [-0.4, -0.2) is 22.7 Å². The molecule has 1 aromatic heterocycles. The molecule has 1 aliphatic rings. The van der Waals surface area contributed by atoms with Crippen molar-refractivity contribution in [1.82, 2.24) is 4.98 Å². The van der Waals surface area contributed by atoms with Crippen LogP contribution in [0.2, 0.25) is 0 Å². The minimum absolute atomic E-state index is 0. The number of nitrogens with zero attached hydrogens (tertiary/aromatic N) is 1. The van der Waals surface area contributed by atoms with E-state index in [0.717, 1.165) is 11.3 Å². The third-order valence-corrected chi connectivity index (χ3v) is 5.29. The minimum atomic E-state index is 0. The van der Waals surface area contributed by atoms with Crippen LogP contribution in [0.15, 0.2) is 79.1 Å².